The van der Waals surface area contributed by atoms with Gasteiger partial charge in [-0.3, -0.25) is 9.48 Å². The van der Waals surface area contributed by atoms with Crippen molar-refractivity contribution in [3.8, 4) is 11.3 Å². The number of hydrogen-bond donors (Lipinski definition) is 2. The zero-order chi connectivity index (χ0) is 32.1. The van der Waals surface area contributed by atoms with E-state index in [1.165, 1.54) is 12.1 Å². The fraction of sp³-hybridized carbons (Fsp3) is 0.455. The van der Waals surface area contributed by atoms with E-state index in [1.807, 2.05) is 12.3 Å². The van der Waals surface area contributed by atoms with Gasteiger partial charge in [0.05, 0.1) is 29.8 Å². The zero-order valence-electron chi connectivity index (χ0n) is 26.1. The Bertz CT molecular complexity index is 1630. The lowest BCUT2D eigenvalue weighted by Gasteiger charge is -2.34. The minimum Gasteiger partial charge on any atom is -0.383 e. The van der Waals surface area contributed by atoms with E-state index in [0.29, 0.717) is 23.8 Å². The first kappa shape index (κ1) is 32.4. The van der Waals surface area contributed by atoms with Crippen LogP contribution in [0.5, 0.6) is 0 Å². The van der Waals surface area contributed by atoms with Crippen LogP contribution in [-0.2, 0) is 35.6 Å². The summed E-state index contributed by atoms with van der Waals surface area (Å²) >= 11 is 0. The van der Waals surface area contributed by atoms with E-state index in [9.17, 15) is 18.0 Å². The molecule has 0 unspecified atom stereocenters. The van der Waals surface area contributed by atoms with Crippen LogP contribution < -0.4 is 10.6 Å². The van der Waals surface area contributed by atoms with E-state index < -0.39 is 17.6 Å². The standard InChI is InChI=1S/C33H40F3N7O2/c1-5-22-17-23(28-19-29(41-43(28)3)39-30(44)16-21-7-6-8-25(15-21)33(34,35)36)18-24-20-37-32(40-31(22)24)38-26-9-11-27(12-10-26)42(2)13-14-45-4/h6-8,15,17-20,26-27H,5,9-14,16H2,1-4H3,(H,37,38,40)(H,39,41,44)/t26-,27-. The van der Waals surface area contributed by atoms with Crippen molar-refractivity contribution in [1.29, 1.82) is 0 Å². The molecule has 4 aromatic rings. The summed E-state index contributed by atoms with van der Waals surface area (Å²) in [5.41, 5.74) is 3.11. The molecule has 2 N–H and O–H groups in total. The van der Waals surface area contributed by atoms with Crippen molar-refractivity contribution in [1.82, 2.24) is 24.6 Å². The van der Waals surface area contributed by atoms with Gasteiger partial charge in [0.15, 0.2) is 5.82 Å². The third-order valence-electron chi connectivity index (χ3n) is 8.51. The number of methoxy groups -OCH3 is 1. The van der Waals surface area contributed by atoms with Gasteiger partial charge in [-0.2, -0.15) is 18.3 Å². The van der Waals surface area contributed by atoms with Crippen molar-refractivity contribution >= 4 is 28.6 Å². The molecule has 0 saturated heterocycles. The molecule has 0 atom stereocenters. The number of nitrogens with zero attached hydrogens (tertiary/aromatic N) is 5. The highest BCUT2D eigenvalue weighted by Gasteiger charge is 2.30. The van der Waals surface area contributed by atoms with Crippen molar-refractivity contribution in [2.45, 2.75) is 63.7 Å². The molecule has 45 heavy (non-hydrogen) atoms. The number of carbonyl (C=O) groups is 1. The topological polar surface area (TPSA) is 97.2 Å². The smallest absolute Gasteiger partial charge is 0.383 e. The highest BCUT2D eigenvalue weighted by atomic mass is 19.4. The van der Waals surface area contributed by atoms with Crippen LogP contribution in [0, 0.1) is 0 Å². The number of fused-ring (bicyclic) bond motifs is 1. The highest BCUT2D eigenvalue weighted by molar-refractivity contribution is 5.92. The normalized spacial score (nSPS) is 17.2. The number of hydrogen-bond acceptors (Lipinski definition) is 7. The minimum absolute atomic E-state index is 0.202. The molecule has 2 aromatic heterocycles. The number of aromatic nitrogens is 4. The second kappa shape index (κ2) is 13.9. The van der Waals surface area contributed by atoms with Gasteiger partial charge in [0.25, 0.3) is 0 Å². The molecule has 240 valence electrons. The van der Waals surface area contributed by atoms with Crippen molar-refractivity contribution in [3.63, 3.8) is 0 Å². The summed E-state index contributed by atoms with van der Waals surface area (Å²) in [5.74, 6) is 0.497. The number of aryl methyl sites for hydroxylation is 2. The number of carbonyl (C=O) groups excluding carboxylic acids is 1. The van der Waals surface area contributed by atoms with E-state index in [4.69, 9.17) is 9.72 Å². The fourth-order valence-corrected chi connectivity index (χ4v) is 6.00. The number of anilines is 2. The Labute approximate surface area is 261 Å². The molecule has 0 bridgehead atoms. The predicted molar refractivity (Wildman–Crippen MR) is 169 cm³/mol. The van der Waals surface area contributed by atoms with Crippen LogP contribution in [0.25, 0.3) is 22.2 Å². The lowest BCUT2D eigenvalue weighted by Crippen LogP contribution is -2.39. The Morgan fingerprint density at radius 1 is 1.13 bits per heavy atom. The van der Waals surface area contributed by atoms with E-state index in [2.05, 4.69) is 45.7 Å². The van der Waals surface area contributed by atoms with Crippen LogP contribution in [0.2, 0.25) is 0 Å². The predicted octanol–water partition coefficient (Wildman–Crippen LogP) is 6.09. The second-order valence-electron chi connectivity index (χ2n) is 11.7. The van der Waals surface area contributed by atoms with Crippen LogP contribution in [0.1, 0.15) is 49.3 Å². The first-order valence-corrected chi connectivity index (χ1v) is 15.3. The molecule has 5 rings (SSSR count). The lowest BCUT2D eigenvalue weighted by atomic mass is 9.90. The molecular weight excluding hydrogens is 583 g/mol. The molecule has 1 aliphatic rings. The fourth-order valence-electron chi connectivity index (χ4n) is 6.00. The Morgan fingerprint density at radius 2 is 1.91 bits per heavy atom. The van der Waals surface area contributed by atoms with Crippen molar-refractivity contribution in [2.24, 2.45) is 7.05 Å². The Morgan fingerprint density at radius 3 is 2.62 bits per heavy atom. The molecule has 1 saturated carbocycles. The van der Waals surface area contributed by atoms with Crippen LogP contribution in [0.3, 0.4) is 0 Å². The molecule has 1 aliphatic carbocycles. The summed E-state index contributed by atoms with van der Waals surface area (Å²) in [7, 11) is 5.68. The SMILES string of the molecule is CCc1cc(-c2cc(NC(=O)Cc3cccc(C(F)(F)F)c3)nn2C)cc2cnc(N[C@H]3CC[C@H](N(C)CCOC)CC3)nc12. The van der Waals surface area contributed by atoms with Gasteiger partial charge in [-0.1, -0.05) is 25.1 Å². The molecule has 2 heterocycles. The quantitative estimate of drug-likeness (QED) is 0.209. The Kier molecular flexibility index (Phi) is 10.0. The number of alkyl halides is 3. The molecule has 0 radical (unpaired) electrons. The van der Waals surface area contributed by atoms with Crippen LogP contribution in [-0.4, -0.2) is 69.9 Å². The van der Waals surface area contributed by atoms with Gasteiger partial charge >= 0.3 is 6.18 Å². The van der Waals surface area contributed by atoms with Crippen molar-refractivity contribution < 1.29 is 22.7 Å². The number of halogens is 3. The van der Waals surface area contributed by atoms with Crippen LogP contribution in [0.15, 0.2) is 48.7 Å². The van der Waals surface area contributed by atoms with Gasteiger partial charge in [0.2, 0.25) is 11.9 Å². The maximum absolute atomic E-state index is 13.1. The molecule has 2 aromatic carbocycles. The average molecular weight is 624 g/mol. The van der Waals surface area contributed by atoms with E-state index in [1.54, 1.807) is 24.9 Å². The largest absolute Gasteiger partial charge is 0.416 e. The molecule has 9 nitrogen and oxygen atoms in total. The van der Waals surface area contributed by atoms with E-state index in [-0.39, 0.29) is 12.0 Å². The first-order valence-electron chi connectivity index (χ1n) is 15.3. The maximum Gasteiger partial charge on any atom is 0.416 e. The second-order valence-corrected chi connectivity index (χ2v) is 11.7. The van der Waals surface area contributed by atoms with Crippen molar-refractivity contribution in [2.75, 3.05) is 37.9 Å². The van der Waals surface area contributed by atoms with Crippen LogP contribution in [0.4, 0.5) is 24.9 Å². The summed E-state index contributed by atoms with van der Waals surface area (Å²) in [4.78, 5) is 24.6. The third-order valence-corrected chi connectivity index (χ3v) is 8.51. The van der Waals surface area contributed by atoms with Gasteiger partial charge in [-0.25, -0.2) is 9.97 Å². The van der Waals surface area contributed by atoms with Gasteiger partial charge in [-0.05, 0) is 68.5 Å². The summed E-state index contributed by atoms with van der Waals surface area (Å²) < 4.78 is 46.1. The number of benzene rings is 2. The minimum atomic E-state index is -4.47. The molecule has 1 fully saturated rings. The van der Waals surface area contributed by atoms with Gasteiger partial charge in [-0.15, -0.1) is 0 Å². The van der Waals surface area contributed by atoms with Crippen molar-refractivity contribution in [3.05, 3.63) is 65.4 Å². The zero-order valence-corrected chi connectivity index (χ0v) is 26.1. The number of ether oxygens (including phenoxy) is 1. The van der Waals surface area contributed by atoms with Gasteiger partial charge < -0.3 is 20.3 Å². The number of rotatable bonds is 11. The number of amides is 1. The van der Waals surface area contributed by atoms with Crippen LogP contribution >= 0.6 is 0 Å². The summed E-state index contributed by atoms with van der Waals surface area (Å²) in [5, 5.41) is 11.6. The summed E-state index contributed by atoms with van der Waals surface area (Å²) in [6.45, 7) is 3.76. The molecule has 12 heteroatoms. The van der Waals surface area contributed by atoms with Gasteiger partial charge in [0.1, 0.15) is 0 Å². The molecular formula is C33H40F3N7O2. The highest BCUT2D eigenvalue weighted by Crippen LogP contribution is 2.31. The molecule has 0 spiro atoms. The Balaban J connectivity index is 1.26. The number of nitrogens with one attached hydrogen (secondary N) is 2. The summed E-state index contributed by atoms with van der Waals surface area (Å²) in [6, 6.07) is 11.5. The molecule has 0 aliphatic heterocycles. The third kappa shape index (κ3) is 7.98. The average Bonchev–Trinajstić information content (AvgIpc) is 3.38. The van der Waals surface area contributed by atoms with E-state index in [0.717, 1.165) is 85.1 Å². The Hall–Kier alpha value is -4.03. The number of likely N-dealkylation sites (N-methyl/N-ethyl adjacent to an activating group) is 1. The first-order chi connectivity index (χ1) is 21.5. The van der Waals surface area contributed by atoms with E-state index >= 15 is 0 Å². The lowest BCUT2D eigenvalue weighted by molar-refractivity contribution is -0.137. The van der Waals surface area contributed by atoms with Gasteiger partial charge in [0, 0.05) is 56.0 Å². The summed E-state index contributed by atoms with van der Waals surface area (Å²) in [6.07, 6.45) is 2.28. The monoisotopic (exact) mass is 623 g/mol. The maximum atomic E-state index is 13.1. The molecule has 1 amide bonds.